The number of fused-ring (bicyclic) bond motifs is 1. The number of benzene rings is 1. The number of nitrogens with zero attached hydrogens (tertiary/aromatic N) is 4. The Morgan fingerprint density at radius 3 is 2.67 bits per heavy atom. The van der Waals surface area contributed by atoms with Crippen molar-refractivity contribution in [2.75, 3.05) is 31.5 Å². The molecule has 1 saturated heterocycles. The molecule has 3 aromatic rings. The van der Waals surface area contributed by atoms with Gasteiger partial charge in [-0.05, 0) is 31.0 Å². The summed E-state index contributed by atoms with van der Waals surface area (Å²) in [6.07, 6.45) is 4.79. The third-order valence-corrected chi connectivity index (χ3v) is 8.30. The van der Waals surface area contributed by atoms with Gasteiger partial charge in [-0.1, -0.05) is 12.1 Å². The molecule has 5 rings (SSSR count). The smallest absolute Gasteiger partial charge is 0.319 e. The van der Waals surface area contributed by atoms with Gasteiger partial charge in [0.2, 0.25) is 15.9 Å². The highest BCUT2D eigenvalue weighted by Crippen LogP contribution is 2.31. The molecule has 1 saturated carbocycles. The first kappa shape index (κ1) is 21.8. The van der Waals surface area contributed by atoms with Crippen molar-refractivity contribution < 1.29 is 17.6 Å². The molecule has 2 N–H and O–H groups in total. The summed E-state index contributed by atoms with van der Waals surface area (Å²) in [5.41, 5.74) is 2.84. The zero-order valence-electron chi connectivity index (χ0n) is 18.1. The number of carbonyl (C=O) groups excluding carboxylic acids is 1. The zero-order valence-corrected chi connectivity index (χ0v) is 18.9. The third kappa shape index (κ3) is 5.00. The summed E-state index contributed by atoms with van der Waals surface area (Å²) in [6.45, 7) is 3.11. The number of hydrogen-bond acceptors (Lipinski definition) is 7. The van der Waals surface area contributed by atoms with Crippen LogP contribution in [-0.2, 0) is 23.1 Å². The second-order valence-corrected chi connectivity index (χ2v) is 10.6. The summed E-state index contributed by atoms with van der Waals surface area (Å²) in [7, 11) is -3.12. The molecular formula is C22H26N6O4S. The van der Waals surface area contributed by atoms with E-state index in [0.29, 0.717) is 61.9 Å². The van der Waals surface area contributed by atoms with E-state index in [1.807, 2.05) is 18.2 Å². The summed E-state index contributed by atoms with van der Waals surface area (Å²) in [6, 6.07) is 8.81. The van der Waals surface area contributed by atoms with Gasteiger partial charge in [0.1, 0.15) is 5.52 Å². The van der Waals surface area contributed by atoms with E-state index in [4.69, 9.17) is 4.42 Å². The topological polar surface area (TPSA) is 121 Å². The van der Waals surface area contributed by atoms with Crippen LogP contribution >= 0.6 is 0 Å². The second kappa shape index (κ2) is 9.08. The number of piperazine rings is 1. The minimum atomic E-state index is -3.12. The average Bonchev–Trinajstić information content (AvgIpc) is 3.60. The molecule has 1 aromatic carbocycles. The average molecular weight is 471 g/mol. The monoisotopic (exact) mass is 470 g/mol. The van der Waals surface area contributed by atoms with Gasteiger partial charge in [-0.15, -0.1) is 0 Å². The number of urea groups is 1. The number of anilines is 1. The molecule has 0 atom stereocenters. The molecule has 2 amide bonds. The van der Waals surface area contributed by atoms with Crippen LogP contribution in [0.5, 0.6) is 0 Å². The van der Waals surface area contributed by atoms with Crippen molar-refractivity contribution in [3.8, 4) is 0 Å². The summed E-state index contributed by atoms with van der Waals surface area (Å²) < 4.78 is 32.4. The maximum absolute atomic E-state index is 12.4. The number of amides is 2. The Morgan fingerprint density at radius 1 is 1.12 bits per heavy atom. The van der Waals surface area contributed by atoms with Crippen molar-refractivity contribution in [1.29, 1.82) is 0 Å². The van der Waals surface area contributed by atoms with Crippen molar-refractivity contribution in [2.24, 2.45) is 0 Å². The van der Waals surface area contributed by atoms with E-state index in [0.717, 1.165) is 18.4 Å². The number of hydrogen-bond donors (Lipinski definition) is 2. The Labute approximate surface area is 192 Å². The molecule has 0 unspecified atom stereocenters. The van der Waals surface area contributed by atoms with Gasteiger partial charge < -0.3 is 15.1 Å². The van der Waals surface area contributed by atoms with E-state index in [1.54, 1.807) is 28.8 Å². The maximum atomic E-state index is 12.4. The highest BCUT2D eigenvalue weighted by molar-refractivity contribution is 7.90. The number of oxazole rings is 1. The van der Waals surface area contributed by atoms with Crippen molar-refractivity contribution in [3.05, 3.63) is 54.2 Å². The fourth-order valence-electron chi connectivity index (χ4n) is 3.96. The van der Waals surface area contributed by atoms with Crippen LogP contribution in [0, 0.1) is 0 Å². The molecule has 3 heterocycles. The van der Waals surface area contributed by atoms with Gasteiger partial charge in [0.05, 0.1) is 23.7 Å². The van der Waals surface area contributed by atoms with Crippen LogP contribution in [0.25, 0.3) is 11.1 Å². The number of pyridine rings is 1. The molecule has 174 valence electrons. The predicted octanol–water partition coefficient (Wildman–Crippen LogP) is 2.15. The van der Waals surface area contributed by atoms with Crippen molar-refractivity contribution in [1.82, 2.24) is 24.5 Å². The number of rotatable bonds is 7. The normalized spacial score (nSPS) is 17.8. The Balaban J connectivity index is 1.19. The maximum Gasteiger partial charge on any atom is 0.319 e. The lowest BCUT2D eigenvalue weighted by molar-refractivity contribution is 0.169. The Bertz CT molecular complexity index is 1230. The zero-order chi connectivity index (χ0) is 22.8. The molecular weight excluding hydrogens is 444 g/mol. The molecule has 2 fully saturated rings. The van der Waals surface area contributed by atoms with E-state index in [2.05, 4.69) is 25.5 Å². The molecule has 11 heteroatoms. The molecule has 1 aliphatic carbocycles. The van der Waals surface area contributed by atoms with Crippen molar-refractivity contribution in [3.63, 3.8) is 0 Å². The molecule has 10 nitrogen and oxygen atoms in total. The standard InChI is InChI=1S/C22H26N6O4S/c29-22(25-17-4-2-8-23-14-17)24-13-16-3-1-5-19-21(16)26-20(32-19)15-27-9-11-28(12-10-27)33(30,31)18-6-7-18/h1-5,8,14,18H,6-7,9-13,15H2,(H2,24,25,29). The first-order chi connectivity index (χ1) is 16.0. The van der Waals surface area contributed by atoms with Gasteiger partial charge in [0.15, 0.2) is 5.58 Å². The van der Waals surface area contributed by atoms with E-state index in [9.17, 15) is 13.2 Å². The number of nitrogens with one attached hydrogen (secondary N) is 2. The van der Waals surface area contributed by atoms with Crippen LogP contribution < -0.4 is 10.6 Å². The highest BCUT2D eigenvalue weighted by atomic mass is 32.2. The third-order valence-electron chi connectivity index (χ3n) is 5.90. The molecule has 0 radical (unpaired) electrons. The number of aromatic nitrogens is 2. The fourth-order valence-corrected chi connectivity index (χ4v) is 5.79. The number of carbonyl (C=O) groups is 1. The lowest BCUT2D eigenvalue weighted by Crippen LogP contribution is -2.49. The van der Waals surface area contributed by atoms with Gasteiger partial charge in [-0.25, -0.2) is 18.2 Å². The van der Waals surface area contributed by atoms with Crippen LogP contribution in [-0.4, -0.2) is 65.1 Å². The summed E-state index contributed by atoms with van der Waals surface area (Å²) in [5, 5.41) is 5.40. The molecule has 0 spiro atoms. The fraction of sp³-hybridized carbons (Fsp3) is 0.409. The van der Waals surface area contributed by atoms with E-state index in [1.165, 1.54) is 0 Å². The molecule has 0 bridgehead atoms. The first-order valence-electron chi connectivity index (χ1n) is 11.0. The van der Waals surface area contributed by atoms with Gasteiger partial charge in [-0.3, -0.25) is 9.88 Å². The first-order valence-corrected chi connectivity index (χ1v) is 12.5. The van der Waals surface area contributed by atoms with Crippen LogP contribution in [0.15, 0.2) is 47.1 Å². The van der Waals surface area contributed by atoms with Crippen molar-refractivity contribution in [2.45, 2.75) is 31.2 Å². The molecule has 2 aliphatic rings. The van der Waals surface area contributed by atoms with Crippen LogP contribution in [0.4, 0.5) is 10.5 Å². The van der Waals surface area contributed by atoms with Crippen LogP contribution in [0.1, 0.15) is 24.3 Å². The number of para-hydroxylation sites is 1. The molecule has 1 aliphatic heterocycles. The quantitative estimate of drug-likeness (QED) is 0.543. The largest absolute Gasteiger partial charge is 0.439 e. The predicted molar refractivity (Wildman–Crippen MR) is 123 cm³/mol. The van der Waals surface area contributed by atoms with Gasteiger partial charge in [0.25, 0.3) is 0 Å². The minimum absolute atomic E-state index is 0.167. The van der Waals surface area contributed by atoms with E-state index in [-0.39, 0.29) is 11.3 Å². The van der Waals surface area contributed by atoms with E-state index >= 15 is 0 Å². The van der Waals surface area contributed by atoms with Gasteiger partial charge >= 0.3 is 6.03 Å². The van der Waals surface area contributed by atoms with E-state index < -0.39 is 10.0 Å². The molecule has 2 aromatic heterocycles. The lowest BCUT2D eigenvalue weighted by Gasteiger charge is -2.33. The van der Waals surface area contributed by atoms with Crippen molar-refractivity contribution >= 4 is 32.8 Å². The SMILES string of the molecule is O=C(NCc1cccc2oc(CN3CCN(S(=O)(=O)C4CC4)CC3)nc12)Nc1cccnc1. The summed E-state index contributed by atoms with van der Waals surface area (Å²) in [5.74, 6) is 0.579. The number of sulfonamides is 1. The van der Waals surface area contributed by atoms with Crippen LogP contribution in [0.3, 0.4) is 0 Å². The lowest BCUT2D eigenvalue weighted by atomic mass is 10.2. The Kier molecular flexibility index (Phi) is 6.00. The minimum Gasteiger partial charge on any atom is -0.439 e. The Morgan fingerprint density at radius 2 is 1.94 bits per heavy atom. The highest BCUT2D eigenvalue weighted by Gasteiger charge is 2.41. The van der Waals surface area contributed by atoms with Crippen LogP contribution in [0.2, 0.25) is 0 Å². The van der Waals surface area contributed by atoms with Gasteiger partial charge in [-0.2, -0.15) is 4.31 Å². The summed E-state index contributed by atoms with van der Waals surface area (Å²) in [4.78, 5) is 23.0. The second-order valence-electron chi connectivity index (χ2n) is 8.34. The molecule has 33 heavy (non-hydrogen) atoms. The van der Waals surface area contributed by atoms with Gasteiger partial charge in [0, 0.05) is 44.5 Å². The Hall–Kier alpha value is -3.02. The summed E-state index contributed by atoms with van der Waals surface area (Å²) >= 11 is 0.